The lowest BCUT2D eigenvalue weighted by atomic mass is 9.86. The van der Waals surface area contributed by atoms with Gasteiger partial charge in [-0.05, 0) is 50.1 Å². The van der Waals surface area contributed by atoms with E-state index in [1.165, 1.54) is 23.6 Å². The van der Waals surface area contributed by atoms with Crippen LogP contribution >= 0.6 is 0 Å². The number of hydrogen-bond acceptors (Lipinski definition) is 3. The fourth-order valence-corrected chi connectivity index (χ4v) is 2.95. The molecule has 0 saturated heterocycles. The molecule has 2 atom stereocenters. The number of likely N-dealkylation sites (N-methyl/N-ethyl adjacent to an activating group) is 1. The summed E-state index contributed by atoms with van der Waals surface area (Å²) in [5.41, 5.74) is 2.15. The Morgan fingerprint density at radius 1 is 1.47 bits per heavy atom. The van der Waals surface area contributed by atoms with Gasteiger partial charge in [0.2, 0.25) is 0 Å². The van der Waals surface area contributed by atoms with Gasteiger partial charge < -0.3 is 5.32 Å². The van der Waals surface area contributed by atoms with E-state index >= 15 is 0 Å². The average Bonchev–Trinajstić information content (AvgIpc) is 2.76. The van der Waals surface area contributed by atoms with Crippen molar-refractivity contribution in [2.45, 2.75) is 31.3 Å². The van der Waals surface area contributed by atoms with E-state index in [-0.39, 0.29) is 6.04 Å². The summed E-state index contributed by atoms with van der Waals surface area (Å²) in [6, 6.07) is 8.78. The van der Waals surface area contributed by atoms with Crippen LogP contribution in [0.15, 0.2) is 23.2 Å². The molecular weight excluding hydrogens is 210 g/mol. The average molecular weight is 225 g/mol. The van der Waals surface area contributed by atoms with E-state index < -0.39 is 0 Å². The number of rotatable bonds is 1. The van der Waals surface area contributed by atoms with E-state index in [0.29, 0.717) is 6.04 Å². The van der Waals surface area contributed by atoms with Gasteiger partial charge in [-0.2, -0.15) is 5.26 Å². The van der Waals surface area contributed by atoms with E-state index in [9.17, 15) is 0 Å². The number of benzene rings is 1. The van der Waals surface area contributed by atoms with E-state index in [1.807, 2.05) is 25.2 Å². The summed E-state index contributed by atoms with van der Waals surface area (Å²) >= 11 is 0. The Kier molecular flexibility index (Phi) is 2.45. The number of fused-ring (bicyclic) bond motifs is 2. The third kappa shape index (κ3) is 1.57. The minimum atomic E-state index is 0.290. The second-order valence-electron chi connectivity index (χ2n) is 4.73. The van der Waals surface area contributed by atoms with Crippen molar-refractivity contribution >= 4 is 5.57 Å². The Morgan fingerprint density at radius 3 is 3.12 bits per heavy atom. The molecule has 0 unspecified atom stereocenters. The first kappa shape index (κ1) is 10.5. The topological polar surface area (TPSA) is 48.2 Å². The highest BCUT2D eigenvalue weighted by Gasteiger charge is 2.30. The van der Waals surface area contributed by atoms with Crippen LogP contribution in [0.25, 0.3) is 5.57 Å². The van der Waals surface area contributed by atoms with Gasteiger partial charge in [-0.3, -0.25) is 4.99 Å². The standard InChI is InChI=1S/C14H15N3/c1-16-13-4-2-3-10-11-7-9(8-15)5-6-12(11)17-14(10)13/h5-7,13-14,16H,2-4H2,1H3/t13-,14+/m1/s1. The number of nitriles is 1. The maximum absolute atomic E-state index is 8.96. The van der Waals surface area contributed by atoms with Crippen LogP contribution < -0.4 is 15.9 Å². The third-order valence-electron chi connectivity index (χ3n) is 3.82. The Balaban J connectivity index is 2.19. The maximum atomic E-state index is 8.96. The van der Waals surface area contributed by atoms with Crippen LogP contribution in [0.3, 0.4) is 0 Å². The van der Waals surface area contributed by atoms with Crippen LogP contribution in [-0.4, -0.2) is 19.1 Å². The molecule has 0 radical (unpaired) electrons. The van der Waals surface area contributed by atoms with Crippen LogP contribution in [0.1, 0.15) is 24.8 Å². The summed E-state index contributed by atoms with van der Waals surface area (Å²) in [7, 11) is 2.01. The molecule has 3 nitrogen and oxygen atoms in total. The smallest absolute Gasteiger partial charge is 0.0991 e. The molecule has 1 aliphatic carbocycles. The molecule has 0 bridgehead atoms. The maximum Gasteiger partial charge on any atom is 0.0991 e. The predicted octanol–water partition coefficient (Wildman–Crippen LogP) is 0.483. The Hall–Kier alpha value is -1.66. The van der Waals surface area contributed by atoms with Crippen LogP contribution in [0.5, 0.6) is 0 Å². The molecule has 17 heavy (non-hydrogen) atoms. The van der Waals surface area contributed by atoms with Gasteiger partial charge in [-0.25, -0.2) is 0 Å². The summed E-state index contributed by atoms with van der Waals surface area (Å²) < 4.78 is 0. The van der Waals surface area contributed by atoms with Gasteiger partial charge in [-0.1, -0.05) is 0 Å². The van der Waals surface area contributed by atoms with Crippen molar-refractivity contribution in [3.63, 3.8) is 0 Å². The van der Waals surface area contributed by atoms with Crippen molar-refractivity contribution in [2.24, 2.45) is 4.99 Å². The lowest BCUT2D eigenvalue weighted by Gasteiger charge is -2.28. The SMILES string of the molecule is CN[C@@H]1CCCC2=c3cc(C#N)ccc3=N[C@@H]21. The van der Waals surface area contributed by atoms with Gasteiger partial charge in [0, 0.05) is 11.3 Å². The highest BCUT2D eigenvalue weighted by atomic mass is 15.0. The van der Waals surface area contributed by atoms with Crippen LogP contribution in [0, 0.1) is 11.3 Å². The first-order chi connectivity index (χ1) is 8.33. The summed E-state index contributed by atoms with van der Waals surface area (Å²) in [5.74, 6) is 0. The summed E-state index contributed by atoms with van der Waals surface area (Å²) in [6.07, 6.45) is 3.52. The molecule has 1 aromatic carbocycles. The zero-order valence-electron chi connectivity index (χ0n) is 9.90. The molecule has 1 aromatic rings. The van der Waals surface area contributed by atoms with Crippen molar-refractivity contribution in [1.82, 2.24) is 5.32 Å². The lowest BCUT2D eigenvalue weighted by Crippen LogP contribution is -2.39. The second kappa shape index (κ2) is 3.97. The Labute approximate surface area is 100 Å². The highest BCUT2D eigenvalue weighted by Crippen LogP contribution is 2.27. The van der Waals surface area contributed by atoms with Crippen LogP contribution in [-0.2, 0) is 0 Å². The summed E-state index contributed by atoms with van der Waals surface area (Å²) in [5, 5.41) is 14.6. The van der Waals surface area contributed by atoms with Gasteiger partial charge in [0.1, 0.15) is 0 Å². The lowest BCUT2D eigenvalue weighted by molar-refractivity contribution is 0.440. The van der Waals surface area contributed by atoms with E-state index in [2.05, 4.69) is 11.4 Å². The van der Waals surface area contributed by atoms with E-state index in [1.54, 1.807) is 0 Å². The minimum Gasteiger partial charge on any atom is -0.315 e. The molecule has 3 heteroatoms. The van der Waals surface area contributed by atoms with E-state index in [0.717, 1.165) is 17.3 Å². The molecule has 1 saturated carbocycles. The number of hydrogen-bond donors (Lipinski definition) is 1. The van der Waals surface area contributed by atoms with Crippen molar-refractivity contribution in [2.75, 3.05) is 7.05 Å². The fraction of sp³-hybridized carbons (Fsp3) is 0.429. The first-order valence-corrected chi connectivity index (χ1v) is 6.12. The van der Waals surface area contributed by atoms with Crippen molar-refractivity contribution in [1.29, 1.82) is 5.26 Å². The normalized spacial score (nSPS) is 25.8. The van der Waals surface area contributed by atoms with Crippen molar-refractivity contribution in [3.05, 3.63) is 34.3 Å². The molecule has 1 aliphatic heterocycles. The first-order valence-electron chi connectivity index (χ1n) is 6.12. The highest BCUT2D eigenvalue weighted by molar-refractivity contribution is 5.56. The van der Waals surface area contributed by atoms with Gasteiger partial charge in [0.15, 0.2) is 0 Å². The second-order valence-corrected chi connectivity index (χ2v) is 4.73. The van der Waals surface area contributed by atoms with Crippen molar-refractivity contribution < 1.29 is 0 Å². The Bertz CT molecular complexity index is 609. The largest absolute Gasteiger partial charge is 0.315 e. The van der Waals surface area contributed by atoms with Gasteiger partial charge in [0.05, 0.1) is 23.0 Å². The molecule has 0 amide bonds. The van der Waals surface area contributed by atoms with Gasteiger partial charge >= 0.3 is 0 Å². The number of nitrogens with zero attached hydrogens (tertiary/aromatic N) is 2. The summed E-state index contributed by atoms with van der Waals surface area (Å²) in [6.45, 7) is 0. The quantitative estimate of drug-likeness (QED) is 0.756. The minimum absolute atomic E-state index is 0.290. The zero-order chi connectivity index (χ0) is 11.8. The fourth-order valence-electron chi connectivity index (χ4n) is 2.95. The summed E-state index contributed by atoms with van der Waals surface area (Å²) in [4.78, 5) is 4.79. The monoisotopic (exact) mass is 225 g/mol. The van der Waals surface area contributed by atoms with E-state index in [4.69, 9.17) is 10.3 Å². The molecule has 1 fully saturated rings. The molecule has 1 heterocycles. The van der Waals surface area contributed by atoms with Gasteiger partial charge in [0.25, 0.3) is 0 Å². The molecule has 0 spiro atoms. The zero-order valence-corrected chi connectivity index (χ0v) is 9.90. The van der Waals surface area contributed by atoms with Crippen LogP contribution in [0.4, 0.5) is 0 Å². The van der Waals surface area contributed by atoms with Gasteiger partial charge in [-0.15, -0.1) is 0 Å². The Morgan fingerprint density at radius 2 is 2.35 bits per heavy atom. The number of nitrogens with one attached hydrogen (secondary N) is 1. The molecule has 0 aromatic heterocycles. The van der Waals surface area contributed by atoms with Crippen molar-refractivity contribution in [3.8, 4) is 6.07 Å². The van der Waals surface area contributed by atoms with Crippen LogP contribution in [0.2, 0.25) is 0 Å². The third-order valence-corrected chi connectivity index (χ3v) is 3.82. The molecule has 3 rings (SSSR count). The molecule has 2 aliphatic rings. The molecule has 1 N–H and O–H groups in total. The molecular formula is C14H15N3. The predicted molar refractivity (Wildman–Crippen MR) is 65.8 cm³/mol. The molecule has 86 valence electrons.